The van der Waals surface area contributed by atoms with Gasteiger partial charge >= 0.3 is 13.5 Å². The van der Waals surface area contributed by atoms with Crippen LogP contribution in [0.4, 0.5) is 5.69 Å². The Morgan fingerprint density at radius 1 is 1.19 bits per heavy atom. The summed E-state index contributed by atoms with van der Waals surface area (Å²) < 4.78 is 16.1. The van der Waals surface area contributed by atoms with Gasteiger partial charge in [-0.05, 0) is 24.6 Å². The Kier molecular flexibility index (Phi) is 6.25. The number of aliphatic hydroxyl groups excluding tert-OH is 3. The average Bonchev–Trinajstić information content (AvgIpc) is 2.67. The van der Waals surface area contributed by atoms with Crippen molar-refractivity contribution in [2.75, 3.05) is 12.3 Å². The molecule has 0 bridgehead atoms. The third-order valence-corrected chi connectivity index (χ3v) is 5.05. The Labute approximate surface area is 173 Å². The first-order valence-electron chi connectivity index (χ1n) is 8.82. The molecule has 15 heteroatoms. The molecule has 0 fully saturated rings. The Hall–Kier alpha value is -2.71. The van der Waals surface area contributed by atoms with Crippen LogP contribution >= 0.6 is 7.82 Å². The summed E-state index contributed by atoms with van der Waals surface area (Å²) in [4.78, 5) is 51.3. The van der Waals surface area contributed by atoms with Crippen molar-refractivity contribution in [1.82, 2.24) is 19.5 Å². The molecular formula is C16H20N5O9P. The summed E-state index contributed by atoms with van der Waals surface area (Å²) in [6, 6.07) is 3.06. The van der Waals surface area contributed by atoms with Crippen LogP contribution in [0.15, 0.2) is 21.7 Å². The number of H-pyrrole nitrogens is 1. The lowest BCUT2D eigenvalue weighted by Gasteiger charge is -2.25. The average molecular weight is 457 g/mol. The number of aromatic amines is 1. The van der Waals surface area contributed by atoms with Crippen LogP contribution in [0.5, 0.6) is 0 Å². The fourth-order valence-corrected chi connectivity index (χ4v) is 3.32. The Morgan fingerprint density at radius 3 is 2.52 bits per heavy atom. The molecule has 0 spiro atoms. The van der Waals surface area contributed by atoms with Crippen molar-refractivity contribution in [3.63, 3.8) is 0 Å². The zero-order valence-corrected chi connectivity index (χ0v) is 16.9. The fraction of sp³-hybridized carbons (Fsp3) is 0.375. The molecular weight excluding hydrogens is 437 g/mol. The maximum absolute atomic E-state index is 12.2. The molecule has 0 amide bonds. The zero-order valence-electron chi connectivity index (χ0n) is 16.0. The van der Waals surface area contributed by atoms with Gasteiger partial charge in [-0.15, -0.1) is 0 Å². The first-order chi connectivity index (χ1) is 14.4. The van der Waals surface area contributed by atoms with E-state index in [0.717, 1.165) is 0 Å². The molecule has 0 unspecified atom stereocenters. The largest absolute Gasteiger partial charge is 0.469 e. The smallest absolute Gasteiger partial charge is 0.398 e. The van der Waals surface area contributed by atoms with E-state index in [1.165, 1.54) is 10.6 Å². The number of nitrogens with zero attached hydrogens (tertiary/aromatic N) is 3. The van der Waals surface area contributed by atoms with Crippen LogP contribution in [0.3, 0.4) is 0 Å². The van der Waals surface area contributed by atoms with Crippen LogP contribution in [0.2, 0.25) is 0 Å². The SMILES string of the molecule is Cc1cc2nc3c(=O)[nH]c(=O)nc-3n(C[C@H](O)[C@H](O)[C@H](O)COP(=O)(O)O)c2cc1N. The molecule has 8 N–H and O–H groups in total. The lowest BCUT2D eigenvalue weighted by molar-refractivity contribution is -0.0793. The highest BCUT2D eigenvalue weighted by Crippen LogP contribution is 2.36. The van der Waals surface area contributed by atoms with Gasteiger partial charge in [0.1, 0.15) is 18.3 Å². The maximum Gasteiger partial charge on any atom is 0.469 e. The molecule has 3 atom stereocenters. The minimum absolute atomic E-state index is 0.197. The predicted octanol–water partition coefficient (Wildman–Crippen LogP) is -2.33. The summed E-state index contributed by atoms with van der Waals surface area (Å²) in [5, 5.41) is 30.5. The van der Waals surface area contributed by atoms with E-state index in [9.17, 15) is 29.5 Å². The number of hydrogen-bond acceptors (Lipinski definition) is 10. The Balaban J connectivity index is 2.06. The number of nitrogen functional groups attached to an aromatic ring is 1. The summed E-state index contributed by atoms with van der Waals surface area (Å²) in [5.74, 6) is -0.197. The van der Waals surface area contributed by atoms with Crippen molar-refractivity contribution in [2.24, 2.45) is 0 Å². The molecule has 2 aliphatic rings. The second kappa shape index (κ2) is 8.43. The van der Waals surface area contributed by atoms with Crippen LogP contribution in [0.25, 0.3) is 22.6 Å². The van der Waals surface area contributed by atoms with Gasteiger partial charge in [-0.2, -0.15) is 4.98 Å². The van der Waals surface area contributed by atoms with Crippen LogP contribution < -0.4 is 17.0 Å². The molecule has 2 heterocycles. The lowest BCUT2D eigenvalue weighted by atomic mass is 10.1. The molecule has 14 nitrogen and oxygen atoms in total. The van der Waals surface area contributed by atoms with Crippen molar-refractivity contribution in [2.45, 2.75) is 31.8 Å². The van der Waals surface area contributed by atoms with Gasteiger partial charge in [0, 0.05) is 5.69 Å². The molecule has 0 saturated carbocycles. The quantitative estimate of drug-likeness (QED) is 0.112. The standard InChI is InChI=1S/C16H20N5O9P/c1-6-2-8-9(3-7(6)17)21(14-12(18-8)15(25)20-16(26)19-14)4-10(22)13(24)11(23)5-30-31(27,28)29/h2-3,10-11,13,22-24H,4-5,17H2,1H3,(H,20,25,26)(H2,27,28,29)/t10-,11+,13-/m0/s1. The number of hydrogen-bond donors (Lipinski definition) is 7. The number of nitrogens with one attached hydrogen (secondary N) is 1. The molecule has 1 aromatic rings. The van der Waals surface area contributed by atoms with Crippen LogP contribution in [0, 0.1) is 6.92 Å². The molecule has 168 valence electrons. The Bertz CT molecular complexity index is 1250. The van der Waals surface area contributed by atoms with Crippen molar-refractivity contribution in [3.05, 3.63) is 38.5 Å². The van der Waals surface area contributed by atoms with Gasteiger partial charge in [0.05, 0.1) is 24.2 Å². The number of fused-ring (bicyclic) bond motifs is 2. The number of nitrogens with two attached hydrogens (primary N) is 1. The van der Waals surface area contributed by atoms with E-state index in [-0.39, 0.29) is 22.6 Å². The molecule has 0 radical (unpaired) electrons. The normalized spacial score (nSPS) is 15.3. The molecule has 31 heavy (non-hydrogen) atoms. The highest BCUT2D eigenvalue weighted by molar-refractivity contribution is 7.46. The topological polar surface area (TPSA) is 234 Å². The number of aryl methyl sites for hydroxylation is 1. The van der Waals surface area contributed by atoms with Gasteiger partial charge in [0.2, 0.25) is 0 Å². The van der Waals surface area contributed by atoms with Crippen molar-refractivity contribution in [1.29, 1.82) is 0 Å². The van der Waals surface area contributed by atoms with Crippen molar-refractivity contribution >= 4 is 24.5 Å². The van der Waals surface area contributed by atoms with Gasteiger partial charge in [-0.25, -0.2) is 14.3 Å². The summed E-state index contributed by atoms with van der Waals surface area (Å²) >= 11 is 0. The summed E-state index contributed by atoms with van der Waals surface area (Å²) in [7, 11) is -4.91. The summed E-state index contributed by atoms with van der Waals surface area (Å²) in [6.45, 7) is 0.270. The van der Waals surface area contributed by atoms with E-state index >= 15 is 0 Å². The maximum atomic E-state index is 12.2. The first kappa shape index (κ1) is 23.0. The molecule has 0 aliphatic carbocycles. The van der Waals surface area contributed by atoms with Crippen molar-refractivity contribution in [3.8, 4) is 11.5 Å². The highest BCUT2D eigenvalue weighted by Gasteiger charge is 2.29. The summed E-state index contributed by atoms with van der Waals surface area (Å²) in [5.41, 5.74) is 5.53. The third kappa shape index (κ3) is 4.97. The van der Waals surface area contributed by atoms with Gasteiger partial charge in [-0.3, -0.25) is 14.3 Å². The van der Waals surface area contributed by atoms with Gasteiger partial charge in [0.15, 0.2) is 11.5 Å². The van der Waals surface area contributed by atoms with E-state index in [4.69, 9.17) is 15.5 Å². The van der Waals surface area contributed by atoms with E-state index < -0.39 is 50.5 Å². The number of aliphatic hydroxyl groups is 3. The van der Waals surface area contributed by atoms with E-state index in [2.05, 4.69) is 14.5 Å². The number of rotatable bonds is 7. The van der Waals surface area contributed by atoms with E-state index in [0.29, 0.717) is 11.3 Å². The van der Waals surface area contributed by atoms with E-state index in [1.807, 2.05) is 4.98 Å². The van der Waals surface area contributed by atoms with Crippen LogP contribution in [0.1, 0.15) is 5.56 Å². The lowest BCUT2D eigenvalue weighted by Crippen LogP contribution is -2.42. The Morgan fingerprint density at radius 2 is 1.87 bits per heavy atom. The molecule has 0 saturated heterocycles. The van der Waals surface area contributed by atoms with Crippen LogP contribution in [-0.2, 0) is 15.6 Å². The van der Waals surface area contributed by atoms with Crippen molar-refractivity contribution < 1.29 is 34.2 Å². The number of phosphoric ester groups is 1. The number of benzene rings is 1. The monoisotopic (exact) mass is 457 g/mol. The first-order valence-corrected chi connectivity index (χ1v) is 10.4. The predicted molar refractivity (Wildman–Crippen MR) is 106 cm³/mol. The highest BCUT2D eigenvalue weighted by atomic mass is 31.2. The minimum Gasteiger partial charge on any atom is -0.398 e. The zero-order chi connectivity index (χ0) is 23.1. The third-order valence-electron chi connectivity index (χ3n) is 4.57. The van der Waals surface area contributed by atoms with Crippen LogP contribution in [-0.4, -0.2) is 69.5 Å². The van der Waals surface area contributed by atoms with E-state index in [1.54, 1.807) is 13.0 Å². The molecule has 3 rings (SSSR count). The number of aromatic nitrogens is 4. The second-order valence-corrected chi connectivity index (χ2v) is 8.11. The fourth-order valence-electron chi connectivity index (χ4n) is 2.97. The number of phosphoric acid groups is 1. The van der Waals surface area contributed by atoms with Gasteiger partial charge in [0.25, 0.3) is 5.56 Å². The van der Waals surface area contributed by atoms with Gasteiger partial charge in [-0.1, -0.05) is 0 Å². The molecule has 1 aromatic carbocycles. The van der Waals surface area contributed by atoms with Gasteiger partial charge < -0.3 is 35.4 Å². The second-order valence-electron chi connectivity index (χ2n) is 6.87. The summed E-state index contributed by atoms with van der Waals surface area (Å²) in [6.07, 6.45) is -5.50. The number of anilines is 1. The molecule has 0 aromatic heterocycles. The minimum atomic E-state index is -4.91. The molecule has 2 aliphatic heterocycles.